The summed E-state index contributed by atoms with van der Waals surface area (Å²) in [5.74, 6) is -0.218. The van der Waals surface area contributed by atoms with Crippen molar-refractivity contribution in [3.05, 3.63) is 57.6 Å². The van der Waals surface area contributed by atoms with Crippen molar-refractivity contribution >= 4 is 52.1 Å². The first kappa shape index (κ1) is 22.4. The molecular weight excluding hydrogens is 417 g/mol. The molecule has 0 aliphatic carbocycles. The SMILES string of the molecule is CCN(CC)Cc1ccc(NC(=S)NC(=O)c2cc(Cl)cc(Cl)c2OC)cc1. The fourth-order valence-electron chi connectivity index (χ4n) is 2.67. The van der Waals surface area contributed by atoms with Gasteiger partial charge in [0, 0.05) is 17.3 Å². The molecule has 2 rings (SSSR count). The molecule has 28 heavy (non-hydrogen) atoms. The highest BCUT2D eigenvalue weighted by atomic mass is 35.5. The van der Waals surface area contributed by atoms with E-state index in [0.717, 1.165) is 25.3 Å². The van der Waals surface area contributed by atoms with E-state index in [1.165, 1.54) is 24.8 Å². The lowest BCUT2D eigenvalue weighted by Gasteiger charge is -2.18. The summed E-state index contributed by atoms with van der Waals surface area (Å²) in [6.45, 7) is 7.18. The summed E-state index contributed by atoms with van der Waals surface area (Å²) in [7, 11) is 1.43. The molecule has 0 spiro atoms. The van der Waals surface area contributed by atoms with Crippen LogP contribution in [0.1, 0.15) is 29.8 Å². The molecule has 0 aromatic heterocycles. The van der Waals surface area contributed by atoms with Crippen molar-refractivity contribution in [2.24, 2.45) is 0 Å². The topological polar surface area (TPSA) is 53.6 Å². The van der Waals surface area contributed by atoms with Crippen LogP contribution in [0.15, 0.2) is 36.4 Å². The number of hydrogen-bond donors (Lipinski definition) is 2. The Morgan fingerprint density at radius 3 is 2.36 bits per heavy atom. The number of nitrogens with one attached hydrogen (secondary N) is 2. The van der Waals surface area contributed by atoms with E-state index < -0.39 is 5.91 Å². The lowest BCUT2D eigenvalue weighted by molar-refractivity contribution is 0.0975. The number of rotatable bonds is 7. The first-order chi connectivity index (χ1) is 13.4. The molecule has 1 amide bonds. The summed E-state index contributed by atoms with van der Waals surface area (Å²) >= 11 is 17.3. The molecule has 2 aromatic rings. The second-order valence-corrected chi connectivity index (χ2v) is 7.29. The van der Waals surface area contributed by atoms with Crippen LogP contribution in [0.2, 0.25) is 10.0 Å². The van der Waals surface area contributed by atoms with Crippen LogP contribution in [-0.2, 0) is 6.54 Å². The molecule has 0 saturated heterocycles. The third kappa shape index (κ3) is 6.07. The summed E-state index contributed by atoms with van der Waals surface area (Å²) in [5.41, 5.74) is 2.20. The molecular formula is C20H23Cl2N3O2S. The van der Waals surface area contributed by atoms with Crippen molar-refractivity contribution < 1.29 is 9.53 Å². The minimum Gasteiger partial charge on any atom is -0.494 e. The molecule has 0 heterocycles. The number of methoxy groups -OCH3 is 1. The Morgan fingerprint density at radius 1 is 1.14 bits per heavy atom. The van der Waals surface area contributed by atoms with Gasteiger partial charge in [-0.1, -0.05) is 49.2 Å². The van der Waals surface area contributed by atoms with E-state index in [4.69, 9.17) is 40.2 Å². The van der Waals surface area contributed by atoms with Crippen molar-refractivity contribution in [1.82, 2.24) is 10.2 Å². The van der Waals surface area contributed by atoms with Crippen molar-refractivity contribution in [1.29, 1.82) is 0 Å². The van der Waals surface area contributed by atoms with Gasteiger partial charge in [-0.3, -0.25) is 15.0 Å². The zero-order chi connectivity index (χ0) is 20.7. The Labute approximate surface area is 181 Å². The van der Waals surface area contributed by atoms with Gasteiger partial charge in [-0.15, -0.1) is 0 Å². The van der Waals surface area contributed by atoms with Gasteiger partial charge in [0.15, 0.2) is 5.11 Å². The van der Waals surface area contributed by atoms with E-state index in [1.54, 1.807) is 0 Å². The van der Waals surface area contributed by atoms with Crippen molar-refractivity contribution in [3.8, 4) is 5.75 Å². The Balaban J connectivity index is 2.01. The van der Waals surface area contributed by atoms with Gasteiger partial charge in [0.05, 0.1) is 17.7 Å². The molecule has 0 bridgehead atoms. The van der Waals surface area contributed by atoms with Gasteiger partial charge in [-0.2, -0.15) is 0 Å². The predicted octanol–water partition coefficient (Wildman–Crippen LogP) is 4.97. The Morgan fingerprint density at radius 2 is 1.79 bits per heavy atom. The summed E-state index contributed by atoms with van der Waals surface area (Å²) in [6.07, 6.45) is 0. The van der Waals surface area contributed by atoms with Crippen LogP contribution in [0.4, 0.5) is 5.69 Å². The van der Waals surface area contributed by atoms with Crippen LogP contribution in [0.25, 0.3) is 0 Å². The maximum absolute atomic E-state index is 12.5. The average Bonchev–Trinajstić information content (AvgIpc) is 2.66. The molecule has 8 heteroatoms. The highest BCUT2D eigenvalue weighted by molar-refractivity contribution is 7.80. The summed E-state index contributed by atoms with van der Waals surface area (Å²) in [5, 5.41) is 6.36. The molecule has 2 aromatic carbocycles. The minimum absolute atomic E-state index is 0.166. The number of hydrogen-bond acceptors (Lipinski definition) is 4. The van der Waals surface area contributed by atoms with Crippen LogP contribution in [-0.4, -0.2) is 36.1 Å². The number of nitrogens with zero attached hydrogens (tertiary/aromatic N) is 1. The molecule has 150 valence electrons. The van der Waals surface area contributed by atoms with Gasteiger partial charge in [0.1, 0.15) is 5.75 Å². The van der Waals surface area contributed by atoms with E-state index in [2.05, 4.69) is 29.4 Å². The number of anilines is 1. The molecule has 0 radical (unpaired) electrons. The van der Waals surface area contributed by atoms with Crippen molar-refractivity contribution in [3.63, 3.8) is 0 Å². The fourth-order valence-corrected chi connectivity index (χ4v) is 3.45. The van der Waals surface area contributed by atoms with E-state index in [-0.39, 0.29) is 21.4 Å². The van der Waals surface area contributed by atoms with Crippen LogP contribution < -0.4 is 15.4 Å². The predicted molar refractivity (Wildman–Crippen MR) is 120 cm³/mol. The Hall–Kier alpha value is -1.86. The fraction of sp³-hybridized carbons (Fsp3) is 0.300. The van der Waals surface area contributed by atoms with Crippen molar-refractivity contribution in [2.45, 2.75) is 20.4 Å². The first-order valence-electron chi connectivity index (χ1n) is 8.84. The van der Waals surface area contributed by atoms with Gasteiger partial charge in [0.2, 0.25) is 0 Å². The zero-order valence-corrected chi connectivity index (χ0v) is 18.3. The first-order valence-corrected chi connectivity index (χ1v) is 10.0. The van der Waals surface area contributed by atoms with E-state index in [1.807, 2.05) is 24.3 Å². The van der Waals surface area contributed by atoms with E-state index >= 15 is 0 Å². The second kappa shape index (κ2) is 10.6. The molecule has 0 atom stereocenters. The third-order valence-corrected chi connectivity index (χ3v) is 4.90. The molecule has 0 aliphatic heterocycles. The zero-order valence-electron chi connectivity index (χ0n) is 16.0. The highest BCUT2D eigenvalue weighted by Gasteiger charge is 2.17. The van der Waals surface area contributed by atoms with Crippen LogP contribution in [0.5, 0.6) is 5.75 Å². The van der Waals surface area contributed by atoms with Gasteiger partial charge in [-0.05, 0) is 55.1 Å². The average molecular weight is 440 g/mol. The number of thiocarbonyl (C=S) groups is 1. The van der Waals surface area contributed by atoms with Crippen molar-refractivity contribution in [2.75, 3.05) is 25.5 Å². The number of amides is 1. The monoisotopic (exact) mass is 439 g/mol. The molecule has 0 aliphatic rings. The van der Waals surface area contributed by atoms with E-state index in [0.29, 0.717) is 5.02 Å². The second-order valence-electron chi connectivity index (χ2n) is 6.03. The van der Waals surface area contributed by atoms with Crippen LogP contribution in [0, 0.1) is 0 Å². The maximum Gasteiger partial charge on any atom is 0.261 e. The lowest BCUT2D eigenvalue weighted by atomic mass is 10.2. The van der Waals surface area contributed by atoms with Gasteiger partial charge >= 0.3 is 0 Å². The quantitative estimate of drug-likeness (QED) is 0.596. The summed E-state index contributed by atoms with van der Waals surface area (Å²) in [4.78, 5) is 14.9. The number of benzene rings is 2. The standard InChI is InChI=1S/C20H23Cl2N3O2S/c1-4-25(5-2)12-13-6-8-15(9-7-13)23-20(28)24-19(26)16-10-14(21)11-17(22)18(16)27-3/h6-11H,4-5,12H2,1-3H3,(H2,23,24,26,28). The summed E-state index contributed by atoms with van der Waals surface area (Å²) < 4.78 is 5.20. The highest BCUT2D eigenvalue weighted by Crippen LogP contribution is 2.32. The molecule has 0 fully saturated rings. The van der Waals surface area contributed by atoms with Gasteiger partial charge in [0.25, 0.3) is 5.91 Å². The van der Waals surface area contributed by atoms with E-state index in [9.17, 15) is 4.79 Å². The maximum atomic E-state index is 12.5. The molecule has 0 unspecified atom stereocenters. The summed E-state index contributed by atoms with van der Waals surface area (Å²) in [6, 6.07) is 10.9. The molecule has 0 saturated carbocycles. The Bertz CT molecular complexity index is 840. The largest absolute Gasteiger partial charge is 0.494 e. The van der Waals surface area contributed by atoms with Crippen LogP contribution >= 0.6 is 35.4 Å². The number of carbonyl (C=O) groups is 1. The Kier molecular flexibility index (Phi) is 8.51. The number of halogens is 2. The molecule has 2 N–H and O–H groups in total. The smallest absolute Gasteiger partial charge is 0.261 e. The normalized spacial score (nSPS) is 10.6. The third-order valence-electron chi connectivity index (χ3n) is 4.20. The number of carbonyl (C=O) groups excluding carboxylic acids is 1. The van der Waals surface area contributed by atoms with Gasteiger partial charge < -0.3 is 10.1 Å². The van der Waals surface area contributed by atoms with Crippen LogP contribution in [0.3, 0.4) is 0 Å². The molecule has 5 nitrogen and oxygen atoms in total. The minimum atomic E-state index is -0.461. The number of ether oxygens (including phenoxy) is 1. The lowest BCUT2D eigenvalue weighted by Crippen LogP contribution is -2.34. The van der Waals surface area contributed by atoms with Gasteiger partial charge in [-0.25, -0.2) is 0 Å².